The Morgan fingerprint density at radius 3 is 2.00 bits per heavy atom. The minimum atomic E-state index is -3.25. The SMILES string of the molecule is CN(C1CCC(C#N)CC1)S(=O)(=O)C(C)(C)C. The molecule has 1 aliphatic rings. The highest BCUT2D eigenvalue weighted by Crippen LogP contribution is 2.30. The quantitative estimate of drug-likeness (QED) is 0.762. The summed E-state index contributed by atoms with van der Waals surface area (Å²) >= 11 is 0. The molecule has 0 N–H and O–H groups in total. The molecule has 0 unspecified atom stereocenters. The average molecular weight is 258 g/mol. The number of nitrogens with zero attached hydrogens (tertiary/aromatic N) is 2. The summed E-state index contributed by atoms with van der Waals surface area (Å²) in [5.74, 6) is 0.108. The second kappa shape index (κ2) is 4.95. The van der Waals surface area contributed by atoms with E-state index in [1.807, 2.05) is 0 Å². The Kier molecular flexibility index (Phi) is 4.21. The molecule has 0 saturated heterocycles. The summed E-state index contributed by atoms with van der Waals surface area (Å²) in [4.78, 5) is 0. The van der Waals surface area contributed by atoms with Crippen LogP contribution in [-0.2, 0) is 10.0 Å². The Bertz CT molecular complexity index is 395. The van der Waals surface area contributed by atoms with Gasteiger partial charge in [0.1, 0.15) is 0 Å². The van der Waals surface area contributed by atoms with Gasteiger partial charge in [-0.05, 0) is 46.5 Å². The molecule has 0 aromatic carbocycles. The van der Waals surface area contributed by atoms with Crippen molar-refractivity contribution in [1.82, 2.24) is 4.31 Å². The topological polar surface area (TPSA) is 61.2 Å². The highest BCUT2D eigenvalue weighted by molar-refractivity contribution is 7.90. The third kappa shape index (κ3) is 2.99. The lowest BCUT2D eigenvalue weighted by atomic mass is 9.87. The van der Waals surface area contributed by atoms with E-state index in [4.69, 9.17) is 5.26 Å². The summed E-state index contributed by atoms with van der Waals surface area (Å²) in [5, 5.41) is 8.82. The Morgan fingerprint density at radius 1 is 1.18 bits per heavy atom. The van der Waals surface area contributed by atoms with Gasteiger partial charge in [0.05, 0.1) is 10.8 Å². The molecule has 0 amide bonds. The lowest BCUT2D eigenvalue weighted by Crippen LogP contribution is -2.47. The predicted octanol–water partition coefficient (Wildman–Crippen LogP) is 2.13. The molecule has 1 rings (SSSR count). The molecule has 0 spiro atoms. The number of sulfonamides is 1. The third-order valence-electron chi connectivity index (χ3n) is 3.55. The van der Waals surface area contributed by atoms with E-state index in [0.717, 1.165) is 25.7 Å². The van der Waals surface area contributed by atoms with Crippen molar-refractivity contribution in [2.45, 2.75) is 57.2 Å². The van der Waals surface area contributed by atoms with Gasteiger partial charge in [-0.3, -0.25) is 0 Å². The Labute approximate surface area is 105 Å². The van der Waals surface area contributed by atoms with Crippen molar-refractivity contribution in [2.24, 2.45) is 5.92 Å². The summed E-state index contributed by atoms with van der Waals surface area (Å²) in [5.41, 5.74) is 0. The van der Waals surface area contributed by atoms with Crippen LogP contribution in [0.3, 0.4) is 0 Å². The lowest BCUT2D eigenvalue weighted by Gasteiger charge is -2.35. The number of rotatable bonds is 2. The first kappa shape index (κ1) is 14.5. The normalized spacial score (nSPS) is 26.8. The summed E-state index contributed by atoms with van der Waals surface area (Å²) < 4.78 is 25.3. The molecule has 0 atom stereocenters. The van der Waals surface area contributed by atoms with E-state index >= 15 is 0 Å². The first-order valence-electron chi connectivity index (χ1n) is 6.07. The Morgan fingerprint density at radius 2 is 1.65 bits per heavy atom. The van der Waals surface area contributed by atoms with E-state index in [1.165, 1.54) is 4.31 Å². The molecule has 0 aromatic rings. The molecule has 1 aliphatic carbocycles. The number of hydrogen-bond acceptors (Lipinski definition) is 3. The summed E-state index contributed by atoms with van der Waals surface area (Å²) in [6, 6.07) is 2.32. The smallest absolute Gasteiger partial charge is 0.212 e. The second-order valence-corrected chi connectivity index (χ2v) is 8.52. The van der Waals surface area contributed by atoms with E-state index in [9.17, 15) is 8.42 Å². The van der Waals surface area contributed by atoms with Crippen LogP contribution in [0.2, 0.25) is 0 Å². The van der Waals surface area contributed by atoms with Gasteiger partial charge in [-0.15, -0.1) is 0 Å². The first-order chi connectivity index (χ1) is 7.70. The van der Waals surface area contributed by atoms with Gasteiger partial charge < -0.3 is 0 Å². The molecule has 5 heteroatoms. The van der Waals surface area contributed by atoms with Crippen molar-refractivity contribution in [3.05, 3.63) is 0 Å². The van der Waals surface area contributed by atoms with E-state index in [-0.39, 0.29) is 12.0 Å². The van der Waals surface area contributed by atoms with Crippen molar-refractivity contribution in [1.29, 1.82) is 5.26 Å². The molecular formula is C12H22N2O2S. The summed E-state index contributed by atoms with van der Waals surface area (Å²) in [7, 11) is -1.59. The van der Waals surface area contributed by atoms with Gasteiger partial charge in [0, 0.05) is 19.0 Å². The second-order valence-electron chi connectivity index (χ2n) is 5.77. The van der Waals surface area contributed by atoms with Crippen LogP contribution in [0.1, 0.15) is 46.5 Å². The van der Waals surface area contributed by atoms with Crippen molar-refractivity contribution in [2.75, 3.05) is 7.05 Å². The summed E-state index contributed by atoms with van der Waals surface area (Å²) in [6.45, 7) is 5.17. The van der Waals surface area contributed by atoms with E-state index in [2.05, 4.69) is 6.07 Å². The molecule has 4 nitrogen and oxygen atoms in total. The first-order valence-corrected chi connectivity index (χ1v) is 7.51. The number of nitriles is 1. The van der Waals surface area contributed by atoms with Crippen LogP contribution in [0.25, 0.3) is 0 Å². The molecule has 0 bridgehead atoms. The maximum absolute atomic E-state index is 12.3. The van der Waals surface area contributed by atoms with Gasteiger partial charge in [0.15, 0.2) is 0 Å². The molecule has 0 radical (unpaired) electrons. The molecule has 98 valence electrons. The van der Waals surface area contributed by atoms with Crippen molar-refractivity contribution in [3.8, 4) is 6.07 Å². The van der Waals surface area contributed by atoms with Crippen molar-refractivity contribution in [3.63, 3.8) is 0 Å². The molecule has 17 heavy (non-hydrogen) atoms. The Hall–Kier alpha value is -0.600. The van der Waals surface area contributed by atoms with Crippen LogP contribution in [0, 0.1) is 17.2 Å². The average Bonchev–Trinajstić information content (AvgIpc) is 2.26. The van der Waals surface area contributed by atoms with Gasteiger partial charge >= 0.3 is 0 Å². The highest BCUT2D eigenvalue weighted by Gasteiger charge is 2.37. The summed E-state index contributed by atoms with van der Waals surface area (Å²) in [6.07, 6.45) is 3.21. The van der Waals surface area contributed by atoms with Gasteiger partial charge in [-0.1, -0.05) is 0 Å². The largest absolute Gasteiger partial charge is 0.219 e. The van der Waals surface area contributed by atoms with Crippen LogP contribution in [-0.4, -0.2) is 30.6 Å². The zero-order valence-corrected chi connectivity index (χ0v) is 11.9. The Balaban J connectivity index is 2.74. The maximum Gasteiger partial charge on any atom is 0.219 e. The number of hydrogen-bond donors (Lipinski definition) is 0. The molecule has 1 fully saturated rings. The minimum Gasteiger partial charge on any atom is -0.212 e. The van der Waals surface area contributed by atoms with Crippen molar-refractivity contribution >= 4 is 10.0 Å². The van der Waals surface area contributed by atoms with Gasteiger partial charge in [-0.2, -0.15) is 5.26 Å². The zero-order chi connectivity index (χ0) is 13.3. The highest BCUT2D eigenvalue weighted by atomic mass is 32.2. The van der Waals surface area contributed by atoms with Crippen LogP contribution < -0.4 is 0 Å². The molecule has 0 aliphatic heterocycles. The minimum absolute atomic E-state index is 0.0591. The monoisotopic (exact) mass is 258 g/mol. The van der Waals surface area contributed by atoms with Crippen molar-refractivity contribution < 1.29 is 8.42 Å². The fraction of sp³-hybridized carbons (Fsp3) is 0.917. The maximum atomic E-state index is 12.3. The standard InChI is InChI=1S/C12H22N2O2S/c1-12(2,3)17(15,16)14(4)11-7-5-10(9-13)6-8-11/h10-11H,5-8H2,1-4H3. The fourth-order valence-electron chi connectivity index (χ4n) is 2.20. The van der Waals surface area contributed by atoms with E-state index in [0.29, 0.717) is 0 Å². The lowest BCUT2D eigenvalue weighted by molar-refractivity contribution is 0.257. The van der Waals surface area contributed by atoms with Crippen LogP contribution in [0.15, 0.2) is 0 Å². The van der Waals surface area contributed by atoms with Crippen LogP contribution >= 0.6 is 0 Å². The predicted molar refractivity (Wildman–Crippen MR) is 67.8 cm³/mol. The third-order valence-corrected chi connectivity index (χ3v) is 6.15. The molecule has 0 heterocycles. The van der Waals surface area contributed by atoms with Crippen LogP contribution in [0.5, 0.6) is 0 Å². The van der Waals surface area contributed by atoms with Gasteiger partial charge in [0.25, 0.3) is 0 Å². The molecular weight excluding hydrogens is 236 g/mol. The molecule has 1 saturated carbocycles. The van der Waals surface area contributed by atoms with Gasteiger partial charge in [0.2, 0.25) is 10.0 Å². The van der Waals surface area contributed by atoms with Gasteiger partial charge in [-0.25, -0.2) is 12.7 Å². The molecule has 0 aromatic heterocycles. The fourth-order valence-corrected chi connectivity index (χ4v) is 3.66. The zero-order valence-electron chi connectivity index (χ0n) is 11.1. The van der Waals surface area contributed by atoms with E-state index in [1.54, 1.807) is 27.8 Å². The van der Waals surface area contributed by atoms with Crippen LogP contribution in [0.4, 0.5) is 0 Å². The van der Waals surface area contributed by atoms with E-state index < -0.39 is 14.8 Å².